The molecule has 1 aromatic rings. The van der Waals surface area contributed by atoms with Crippen LogP contribution in [0.5, 0.6) is 0 Å². The number of esters is 2. The van der Waals surface area contributed by atoms with Gasteiger partial charge in [-0.2, -0.15) is 57.1 Å². The van der Waals surface area contributed by atoms with Crippen LogP contribution >= 0.6 is 0 Å². The number of halogens is 13. The van der Waals surface area contributed by atoms with E-state index in [9.17, 15) is 76.8 Å². The molecule has 2 aliphatic rings. The highest BCUT2D eigenvalue weighted by Crippen LogP contribution is 2.60. The van der Waals surface area contributed by atoms with E-state index in [2.05, 4.69) is 5.32 Å². The van der Waals surface area contributed by atoms with Crippen LogP contribution < -0.4 is 5.32 Å². The molecule has 3 rings (SSSR count). The second kappa shape index (κ2) is 13.3. The van der Waals surface area contributed by atoms with E-state index < -0.39 is 89.3 Å². The Hall–Kier alpha value is -4.07. The van der Waals surface area contributed by atoms with Crippen LogP contribution in [0.2, 0.25) is 0 Å². The number of ether oxygens (including phenoxy) is 2. The van der Waals surface area contributed by atoms with Gasteiger partial charge in [-0.15, -0.1) is 0 Å². The Labute approximate surface area is 267 Å². The van der Waals surface area contributed by atoms with Crippen LogP contribution in [0.15, 0.2) is 46.8 Å². The minimum absolute atomic E-state index is 0.0271. The van der Waals surface area contributed by atoms with Crippen molar-refractivity contribution in [3.05, 3.63) is 62.5 Å². The van der Waals surface area contributed by atoms with Gasteiger partial charge in [0.15, 0.2) is 0 Å². The van der Waals surface area contributed by atoms with Gasteiger partial charge in [0.25, 0.3) is 5.69 Å². The van der Waals surface area contributed by atoms with Crippen LogP contribution in [-0.2, 0) is 19.1 Å². The van der Waals surface area contributed by atoms with E-state index in [1.54, 1.807) is 0 Å². The van der Waals surface area contributed by atoms with E-state index in [0.717, 1.165) is 12.1 Å². The standard InChI is InChI=1S/C28H25F13N2O6/c1-3-48-22(45)19-18(15-6-4-7-16(12-15)43(46)47)17(13(2)42-20(19)14-8-9-14)21(44)49-11-5-10-23(29,30)24(31,32)25(33,34)26(35,36)27(37,38)28(39,40)41/h4,6-7,12,14,18,42H,3,5,8-11H2,1-2H3. The van der Waals surface area contributed by atoms with Crippen LogP contribution in [-0.4, -0.2) is 65.9 Å². The van der Waals surface area contributed by atoms with Gasteiger partial charge in [0.1, 0.15) is 0 Å². The molecular weight excluding hydrogens is 707 g/mol. The Kier molecular flexibility index (Phi) is 10.7. The van der Waals surface area contributed by atoms with Gasteiger partial charge in [0, 0.05) is 29.9 Å². The molecule has 0 spiro atoms. The summed E-state index contributed by atoms with van der Waals surface area (Å²) in [6.07, 6.45) is -10.5. The van der Waals surface area contributed by atoms with E-state index in [4.69, 9.17) is 9.47 Å². The topological polar surface area (TPSA) is 108 Å². The lowest BCUT2D eigenvalue weighted by Crippen LogP contribution is -2.70. The van der Waals surface area contributed by atoms with E-state index >= 15 is 0 Å². The number of hydrogen-bond donors (Lipinski definition) is 1. The Morgan fingerprint density at radius 3 is 1.92 bits per heavy atom. The molecule has 1 heterocycles. The summed E-state index contributed by atoms with van der Waals surface area (Å²) in [5, 5.41) is 14.3. The van der Waals surface area contributed by atoms with Crippen LogP contribution in [0, 0.1) is 16.0 Å². The summed E-state index contributed by atoms with van der Waals surface area (Å²) in [5.41, 5.74) is -0.914. The number of nitro benzene ring substituents is 1. The molecule has 0 bridgehead atoms. The second-order valence-electron chi connectivity index (χ2n) is 11.0. The number of rotatable bonds is 14. The number of nitrogens with one attached hydrogen (secondary N) is 1. The van der Waals surface area contributed by atoms with Crippen LogP contribution in [0.3, 0.4) is 0 Å². The molecule has 1 fully saturated rings. The average molecular weight is 732 g/mol. The molecule has 1 aromatic carbocycles. The third kappa shape index (κ3) is 7.01. The zero-order valence-electron chi connectivity index (χ0n) is 25.0. The molecule has 1 atom stereocenters. The Balaban J connectivity index is 1.89. The van der Waals surface area contributed by atoms with Gasteiger partial charge in [-0.1, -0.05) is 12.1 Å². The second-order valence-corrected chi connectivity index (χ2v) is 11.0. The summed E-state index contributed by atoms with van der Waals surface area (Å²) in [4.78, 5) is 37.1. The van der Waals surface area contributed by atoms with Gasteiger partial charge in [-0.3, -0.25) is 10.1 Å². The molecule has 0 amide bonds. The van der Waals surface area contributed by atoms with E-state index in [1.165, 1.54) is 26.0 Å². The molecular formula is C28H25F13N2O6. The van der Waals surface area contributed by atoms with Gasteiger partial charge in [-0.25, -0.2) is 9.59 Å². The third-order valence-electron chi connectivity index (χ3n) is 7.58. The third-order valence-corrected chi connectivity index (χ3v) is 7.58. The lowest BCUT2D eigenvalue weighted by Gasteiger charge is -2.39. The number of nitrogens with zero attached hydrogens (tertiary/aromatic N) is 1. The number of allylic oxidation sites excluding steroid dienone is 2. The summed E-state index contributed by atoms with van der Waals surface area (Å²) in [6, 6.07) is 4.57. The minimum Gasteiger partial charge on any atom is -0.463 e. The van der Waals surface area contributed by atoms with E-state index in [0.29, 0.717) is 18.5 Å². The van der Waals surface area contributed by atoms with Crippen LogP contribution in [0.4, 0.5) is 62.8 Å². The Morgan fingerprint density at radius 1 is 0.857 bits per heavy atom. The molecule has 49 heavy (non-hydrogen) atoms. The number of dihydropyridines is 1. The summed E-state index contributed by atoms with van der Waals surface area (Å²) < 4.78 is 184. The molecule has 1 saturated carbocycles. The zero-order valence-corrected chi connectivity index (χ0v) is 25.0. The summed E-state index contributed by atoms with van der Waals surface area (Å²) in [6.45, 7) is 1.21. The molecule has 1 aliphatic heterocycles. The number of carbonyl (C=O) groups is 2. The van der Waals surface area contributed by atoms with Crippen LogP contribution in [0.1, 0.15) is 51.0 Å². The van der Waals surface area contributed by atoms with Gasteiger partial charge in [-0.05, 0) is 44.6 Å². The summed E-state index contributed by atoms with van der Waals surface area (Å²) in [5.74, 6) is -41.8. The van der Waals surface area contributed by atoms with Crippen molar-refractivity contribution in [1.82, 2.24) is 5.32 Å². The van der Waals surface area contributed by atoms with Crippen molar-refractivity contribution in [1.29, 1.82) is 0 Å². The lowest BCUT2D eigenvalue weighted by molar-refractivity contribution is -0.440. The Morgan fingerprint density at radius 2 is 1.41 bits per heavy atom. The maximum absolute atomic E-state index is 14.2. The molecule has 0 aromatic heterocycles. The SMILES string of the molecule is CCOC(=O)C1=C(C2CC2)NC(C)=C(C(=O)OCCCC(F)(F)C(F)(F)C(F)(F)C(F)(F)C(F)(F)C(F)(F)F)C1c1cccc([N+](=O)[O-])c1. The smallest absolute Gasteiger partial charge is 0.460 e. The van der Waals surface area contributed by atoms with Crippen molar-refractivity contribution in [2.45, 2.75) is 81.2 Å². The average Bonchev–Trinajstić information content (AvgIpc) is 3.83. The Bertz CT molecular complexity index is 1530. The van der Waals surface area contributed by atoms with Gasteiger partial charge in [0.05, 0.1) is 35.2 Å². The number of alkyl halides is 13. The van der Waals surface area contributed by atoms with Crippen molar-refractivity contribution in [2.75, 3.05) is 13.2 Å². The van der Waals surface area contributed by atoms with Gasteiger partial charge >= 0.3 is 47.7 Å². The normalized spacial score (nSPS) is 18.3. The van der Waals surface area contributed by atoms with Crippen LogP contribution in [0.25, 0.3) is 0 Å². The first-order chi connectivity index (χ1) is 22.3. The zero-order chi connectivity index (χ0) is 37.5. The first-order valence-corrected chi connectivity index (χ1v) is 14.0. The number of nitro groups is 1. The monoisotopic (exact) mass is 732 g/mol. The van der Waals surface area contributed by atoms with Gasteiger partial charge < -0.3 is 14.8 Å². The van der Waals surface area contributed by atoms with Crippen molar-refractivity contribution in [3.8, 4) is 0 Å². The fraction of sp³-hybridized carbons (Fsp3) is 0.571. The first-order valence-electron chi connectivity index (χ1n) is 14.0. The fourth-order valence-electron chi connectivity index (χ4n) is 4.90. The molecule has 274 valence electrons. The molecule has 0 radical (unpaired) electrons. The minimum atomic E-state index is -8.04. The largest absolute Gasteiger partial charge is 0.463 e. The fourth-order valence-corrected chi connectivity index (χ4v) is 4.90. The number of non-ortho nitro benzene ring substituents is 1. The van der Waals surface area contributed by atoms with E-state index in [1.807, 2.05) is 0 Å². The predicted octanol–water partition coefficient (Wildman–Crippen LogP) is 7.85. The van der Waals surface area contributed by atoms with Crippen molar-refractivity contribution < 1.29 is 81.1 Å². The number of hydrogen-bond acceptors (Lipinski definition) is 7. The van der Waals surface area contributed by atoms with Gasteiger partial charge in [0.2, 0.25) is 0 Å². The van der Waals surface area contributed by atoms with E-state index in [-0.39, 0.29) is 29.4 Å². The highest BCUT2D eigenvalue weighted by atomic mass is 19.4. The maximum atomic E-state index is 14.2. The molecule has 21 heteroatoms. The molecule has 1 unspecified atom stereocenters. The lowest BCUT2D eigenvalue weighted by atomic mass is 9.79. The molecule has 0 saturated heterocycles. The van der Waals surface area contributed by atoms with Crippen molar-refractivity contribution >= 4 is 17.6 Å². The molecule has 8 nitrogen and oxygen atoms in total. The predicted molar refractivity (Wildman–Crippen MR) is 139 cm³/mol. The number of carbonyl (C=O) groups excluding carboxylic acids is 2. The molecule has 1 aliphatic carbocycles. The summed E-state index contributed by atoms with van der Waals surface area (Å²) >= 11 is 0. The quantitative estimate of drug-likeness (QED) is 0.0683. The first kappa shape index (κ1) is 39.4. The van der Waals surface area contributed by atoms with Crippen molar-refractivity contribution in [3.63, 3.8) is 0 Å². The molecule has 1 N–H and O–H groups in total. The number of benzene rings is 1. The summed E-state index contributed by atoms with van der Waals surface area (Å²) in [7, 11) is 0. The highest BCUT2D eigenvalue weighted by Gasteiger charge is 2.90. The van der Waals surface area contributed by atoms with Crippen molar-refractivity contribution in [2.24, 2.45) is 5.92 Å². The maximum Gasteiger partial charge on any atom is 0.460 e. The highest BCUT2D eigenvalue weighted by molar-refractivity contribution is 6.00.